The van der Waals surface area contributed by atoms with E-state index in [4.69, 9.17) is 4.74 Å². The second-order valence-corrected chi connectivity index (χ2v) is 6.51. The number of hydrogen-bond donors (Lipinski definition) is 1. The smallest absolute Gasteiger partial charge is 0.410 e. The van der Waals surface area contributed by atoms with Gasteiger partial charge in [-0.2, -0.15) is 0 Å². The van der Waals surface area contributed by atoms with Gasteiger partial charge in [0.2, 0.25) is 0 Å². The second-order valence-electron chi connectivity index (χ2n) is 6.51. The molecule has 94 valence electrons. The summed E-state index contributed by atoms with van der Waals surface area (Å²) in [7, 11) is 0. The van der Waals surface area contributed by atoms with Crippen molar-refractivity contribution in [3.63, 3.8) is 0 Å². The van der Waals surface area contributed by atoms with E-state index in [-0.39, 0.29) is 17.6 Å². The van der Waals surface area contributed by atoms with E-state index in [1.54, 1.807) is 4.90 Å². The van der Waals surface area contributed by atoms with Crippen LogP contribution < -0.4 is 0 Å². The molecule has 1 amide bonds. The normalized spacial score (nSPS) is 26.3. The average molecular weight is 229 g/mol. The van der Waals surface area contributed by atoms with Gasteiger partial charge in [0.15, 0.2) is 0 Å². The van der Waals surface area contributed by atoms with Crippen LogP contribution in [0.25, 0.3) is 0 Å². The van der Waals surface area contributed by atoms with Crippen LogP contribution in [0.1, 0.15) is 41.5 Å². The summed E-state index contributed by atoms with van der Waals surface area (Å²) in [6.45, 7) is 11.9. The van der Waals surface area contributed by atoms with Crippen molar-refractivity contribution in [2.45, 2.75) is 59.3 Å². The quantitative estimate of drug-likeness (QED) is 0.691. The maximum atomic E-state index is 11.8. The molecule has 1 fully saturated rings. The highest BCUT2D eigenvalue weighted by Crippen LogP contribution is 2.34. The third kappa shape index (κ3) is 2.88. The Morgan fingerprint density at radius 2 is 1.75 bits per heavy atom. The SMILES string of the molecule is CC(C)(C)OC(=O)N1CC(O)C1C(C)(C)C. The molecule has 0 spiro atoms. The molecule has 0 bridgehead atoms. The highest BCUT2D eigenvalue weighted by atomic mass is 16.6. The lowest BCUT2D eigenvalue weighted by Gasteiger charge is -2.51. The fourth-order valence-corrected chi connectivity index (χ4v) is 2.04. The number of carbonyl (C=O) groups excluding carboxylic acids is 1. The van der Waals surface area contributed by atoms with Gasteiger partial charge in [-0.1, -0.05) is 20.8 Å². The molecule has 4 heteroatoms. The Labute approximate surface area is 97.6 Å². The lowest BCUT2D eigenvalue weighted by Crippen LogP contribution is -2.67. The van der Waals surface area contributed by atoms with Gasteiger partial charge in [-0.05, 0) is 26.2 Å². The summed E-state index contributed by atoms with van der Waals surface area (Å²) in [6, 6.07) is -0.151. The number of hydrogen-bond acceptors (Lipinski definition) is 3. The number of carbonyl (C=O) groups is 1. The van der Waals surface area contributed by atoms with Crippen molar-refractivity contribution < 1.29 is 14.6 Å². The summed E-state index contributed by atoms with van der Waals surface area (Å²) in [5, 5.41) is 9.71. The number of aliphatic hydroxyl groups is 1. The Morgan fingerprint density at radius 1 is 1.25 bits per heavy atom. The minimum Gasteiger partial charge on any atom is -0.444 e. The number of aliphatic hydroxyl groups excluding tert-OH is 1. The van der Waals surface area contributed by atoms with Crippen LogP contribution in [0, 0.1) is 5.41 Å². The first kappa shape index (κ1) is 13.3. The molecule has 0 saturated carbocycles. The maximum Gasteiger partial charge on any atom is 0.410 e. The zero-order chi connectivity index (χ0) is 12.7. The van der Waals surface area contributed by atoms with Crippen molar-refractivity contribution in [2.24, 2.45) is 5.41 Å². The van der Waals surface area contributed by atoms with Crippen molar-refractivity contribution in [1.82, 2.24) is 4.90 Å². The number of ether oxygens (including phenoxy) is 1. The summed E-state index contributed by atoms with van der Waals surface area (Å²) >= 11 is 0. The largest absolute Gasteiger partial charge is 0.444 e. The van der Waals surface area contributed by atoms with Crippen LogP contribution in [0.3, 0.4) is 0 Å². The van der Waals surface area contributed by atoms with E-state index in [2.05, 4.69) is 0 Å². The molecule has 4 nitrogen and oxygen atoms in total. The molecule has 0 aliphatic carbocycles. The van der Waals surface area contributed by atoms with Crippen molar-refractivity contribution in [3.8, 4) is 0 Å². The van der Waals surface area contributed by atoms with Gasteiger partial charge in [0, 0.05) is 0 Å². The summed E-state index contributed by atoms with van der Waals surface area (Å²) in [4.78, 5) is 13.4. The third-order valence-corrected chi connectivity index (χ3v) is 2.60. The molecule has 0 aromatic carbocycles. The van der Waals surface area contributed by atoms with Crippen molar-refractivity contribution in [1.29, 1.82) is 0 Å². The first-order valence-corrected chi connectivity index (χ1v) is 5.70. The van der Waals surface area contributed by atoms with E-state index in [1.165, 1.54) is 0 Å². The Balaban J connectivity index is 2.66. The van der Waals surface area contributed by atoms with Gasteiger partial charge < -0.3 is 9.84 Å². The summed E-state index contributed by atoms with van der Waals surface area (Å²) < 4.78 is 5.29. The maximum absolute atomic E-state index is 11.8. The van der Waals surface area contributed by atoms with E-state index in [9.17, 15) is 9.90 Å². The van der Waals surface area contributed by atoms with Gasteiger partial charge in [0.25, 0.3) is 0 Å². The van der Waals surface area contributed by atoms with Crippen molar-refractivity contribution in [2.75, 3.05) is 6.54 Å². The number of β-amino-alcohol motifs (C(OH)–C–C–N with tert-alkyl or cyclic N) is 1. The van der Waals surface area contributed by atoms with E-state index < -0.39 is 11.7 Å². The van der Waals surface area contributed by atoms with Crippen LogP contribution in [0.5, 0.6) is 0 Å². The molecule has 0 aromatic rings. The Kier molecular flexibility index (Phi) is 3.25. The highest BCUT2D eigenvalue weighted by molar-refractivity contribution is 5.70. The molecule has 1 N–H and O–H groups in total. The van der Waals surface area contributed by atoms with Crippen molar-refractivity contribution >= 4 is 6.09 Å². The molecule has 0 aromatic heterocycles. The summed E-state index contributed by atoms with van der Waals surface area (Å²) in [6.07, 6.45) is -0.773. The molecule has 0 radical (unpaired) electrons. The molecule has 1 aliphatic heterocycles. The number of rotatable bonds is 0. The number of amides is 1. The predicted octanol–water partition coefficient (Wildman–Crippen LogP) is 2.01. The van der Waals surface area contributed by atoms with Crippen LogP contribution in [0.15, 0.2) is 0 Å². The number of likely N-dealkylation sites (tertiary alicyclic amines) is 1. The Hall–Kier alpha value is -0.770. The highest BCUT2D eigenvalue weighted by Gasteiger charge is 2.48. The minimum atomic E-state index is -0.486. The third-order valence-electron chi connectivity index (χ3n) is 2.60. The zero-order valence-electron chi connectivity index (χ0n) is 11.1. The van der Waals surface area contributed by atoms with Gasteiger partial charge in [0.1, 0.15) is 5.60 Å². The van der Waals surface area contributed by atoms with E-state index >= 15 is 0 Å². The topological polar surface area (TPSA) is 49.8 Å². The lowest BCUT2D eigenvalue weighted by atomic mass is 9.77. The van der Waals surface area contributed by atoms with Crippen LogP contribution in [0.4, 0.5) is 4.79 Å². The second kappa shape index (κ2) is 3.91. The van der Waals surface area contributed by atoms with Gasteiger partial charge >= 0.3 is 6.09 Å². The molecule has 1 saturated heterocycles. The van der Waals surface area contributed by atoms with Crippen LogP contribution in [0.2, 0.25) is 0 Å². The fourth-order valence-electron chi connectivity index (χ4n) is 2.04. The first-order chi connectivity index (χ1) is 7.02. The Morgan fingerprint density at radius 3 is 2.06 bits per heavy atom. The first-order valence-electron chi connectivity index (χ1n) is 5.70. The number of nitrogens with zero attached hydrogens (tertiary/aromatic N) is 1. The average Bonchev–Trinajstić information content (AvgIpc) is 1.92. The molecule has 1 aliphatic rings. The monoisotopic (exact) mass is 229 g/mol. The minimum absolute atomic E-state index is 0.130. The zero-order valence-corrected chi connectivity index (χ0v) is 11.1. The van der Waals surface area contributed by atoms with E-state index in [0.29, 0.717) is 6.54 Å². The van der Waals surface area contributed by atoms with Gasteiger partial charge in [-0.3, -0.25) is 4.90 Å². The lowest BCUT2D eigenvalue weighted by molar-refractivity contribution is -0.106. The Bertz CT molecular complexity index is 275. The predicted molar refractivity (Wildman–Crippen MR) is 62.2 cm³/mol. The molecule has 1 heterocycles. The van der Waals surface area contributed by atoms with Crippen LogP contribution in [-0.4, -0.2) is 40.4 Å². The summed E-state index contributed by atoms with van der Waals surface area (Å²) in [5.41, 5.74) is -0.616. The molecule has 16 heavy (non-hydrogen) atoms. The van der Waals surface area contributed by atoms with Crippen LogP contribution in [-0.2, 0) is 4.74 Å². The van der Waals surface area contributed by atoms with Gasteiger partial charge in [-0.25, -0.2) is 4.79 Å². The molecular formula is C12H23NO3. The van der Waals surface area contributed by atoms with E-state index in [1.807, 2.05) is 41.5 Å². The standard InChI is InChI=1S/C12H23NO3/c1-11(2,3)9-8(14)7-13(9)10(15)16-12(4,5)6/h8-9,14H,7H2,1-6H3. The van der Waals surface area contributed by atoms with E-state index in [0.717, 1.165) is 0 Å². The molecule has 2 unspecified atom stereocenters. The van der Waals surface area contributed by atoms with Gasteiger partial charge in [0.05, 0.1) is 18.7 Å². The van der Waals surface area contributed by atoms with Gasteiger partial charge in [-0.15, -0.1) is 0 Å². The summed E-state index contributed by atoms with van der Waals surface area (Å²) in [5.74, 6) is 0. The molecule has 1 rings (SSSR count). The molecule has 2 atom stereocenters. The molecular weight excluding hydrogens is 206 g/mol. The van der Waals surface area contributed by atoms with Crippen molar-refractivity contribution in [3.05, 3.63) is 0 Å². The fraction of sp³-hybridized carbons (Fsp3) is 0.917. The van der Waals surface area contributed by atoms with Crippen LogP contribution >= 0.6 is 0 Å².